The molecule has 0 radical (unpaired) electrons. The van der Waals surface area contributed by atoms with E-state index in [1.54, 1.807) is 0 Å². The predicted molar refractivity (Wildman–Crippen MR) is 66.9 cm³/mol. The van der Waals surface area contributed by atoms with Gasteiger partial charge in [-0.1, -0.05) is 0 Å². The second-order valence-corrected chi connectivity index (χ2v) is 19.5. The first-order valence-corrected chi connectivity index (χ1v) is 15.3. The molecule has 0 bridgehead atoms. The summed E-state index contributed by atoms with van der Waals surface area (Å²) in [4.78, 5) is 17.6. The molecule has 2 nitrogen and oxygen atoms in total. The second kappa shape index (κ2) is 5.17. The molecule has 1 amide bonds. The van der Waals surface area contributed by atoms with Crippen molar-refractivity contribution in [2.75, 3.05) is 0 Å². The molecule has 0 aliphatic heterocycles. The molecule has 0 unspecified atom stereocenters. The van der Waals surface area contributed by atoms with Crippen LogP contribution in [-0.2, 0) is 11.3 Å². The number of hydrogen-bond donors (Lipinski definition) is 1. The van der Waals surface area contributed by atoms with Gasteiger partial charge in [0.05, 0.1) is 0 Å². The van der Waals surface area contributed by atoms with Crippen LogP contribution in [-0.4, -0.2) is 24.3 Å². The van der Waals surface area contributed by atoms with Crippen molar-refractivity contribution in [3.8, 4) is 0 Å². The third kappa shape index (κ3) is 3.77. The van der Waals surface area contributed by atoms with E-state index in [1.165, 1.54) is 16.6 Å². The molecule has 0 aromatic heterocycles. The normalized spacial score (nSPS) is 11.3. The Morgan fingerprint density at radius 2 is 2.00 bits per heavy atom. The third-order valence-electron chi connectivity index (χ3n) is 2.44. The molecule has 16 heavy (non-hydrogen) atoms. The summed E-state index contributed by atoms with van der Waals surface area (Å²) in [7, 11) is 0. The Morgan fingerprint density at radius 1 is 1.38 bits per heavy atom. The second-order valence-electron chi connectivity index (χ2n) is 4.97. The summed E-state index contributed by atoms with van der Waals surface area (Å²) in [5.74, 6) is -0.378. The van der Waals surface area contributed by atoms with Crippen LogP contribution in [0.15, 0.2) is 18.2 Å². The summed E-state index contributed by atoms with van der Waals surface area (Å²) in [6, 6.07) is 5.29. The Balaban J connectivity index is 2.95. The molecule has 0 heterocycles. The Morgan fingerprint density at radius 3 is 2.50 bits per heavy atom. The summed E-state index contributed by atoms with van der Waals surface area (Å²) in [6.07, 6.45) is 0. The minimum atomic E-state index is -2.14. The summed E-state index contributed by atoms with van der Waals surface area (Å²) in [5.41, 5.74) is 0.583. The first-order chi connectivity index (χ1) is 7.30. The van der Waals surface area contributed by atoms with Crippen LogP contribution in [0, 0.1) is 5.82 Å². The molecule has 1 aromatic carbocycles. The monoisotopic (exact) mass is 331 g/mol. The average Bonchev–Trinajstić information content (AvgIpc) is 2.14. The molecule has 4 heteroatoms. The Bertz CT molecular complexity index is 398. The van der Waals surface area contributed by atoms with Gasteiger partial charge in [-0.05, 0) is 0 Å². The summed E-state index contributed by atoms with van der Waals surface area (Å²) in [6.45, 7) is 1.71. The predicted octanol–water partition coefficient (Wildman–Crippen LogP) is 2.01. The molecule has 0 saturated heterocycles. The van der Waals surface area contributed by atoms with Crippen LogP contribution in [0.5, 0.6) is 0 Å². The molecule has 0 fully saturated rings. The Labute approximate surface area is 100 Å². The summed E-state index contributed by atoms with van der Waals surface area (Å²) >= 11 is -2.14. The first-order valence-electron chi connectivity index (χ1n) is 5.34. The van der Waals surface area contributed by atoms with Crippen LogP contribution in [0.2, 0.25) is 14.8 Å². The standard InChI is InChI=1S/C9H9FNO.3CH3.Sn/c1-7(12)11-6-8-4-2-3-5-9(8)10;;;;/h3-5H,6H2,1H3,(H,11,12);3*1H3;. The van der Waals surface area contributed by atoms with Crippen molar-refractivity contribution in [2.45, 2.75) is 28.3 Å². The van der Waals surface area contributed by atoms with Crippen LogP contribution in [0.25, 0.3) is 0 Å². The zero-order chi connectivity index (χ0) is 12.3. The van der Waals surface area contributed by atoms with E-state index in [9.17, 15) is 9.18 Å². The fraction of sp³-hybridized carbons (Fsp3) is 0.417. The van der Waals surface area contributed by atoms with E-state index >= 15 is 0 Å². The molecule has 0 aliphatic carbocycles. The van der Waals surface area contributed by atoms with Gasteiger partial charge in [0.2, 0.25) is 0 Å². The molecule has 1 aromatic rings. The summed E-state index contributed by atoms with van der Waals surface area (Å²) in [5, 5.41) is 2.63. The van der Waals surface area contributed by atoms with Gasteiger partial charge in [-0.2, -0.15) is 0 Å². The Hall–Kier alpha value is -0.581. The SMILES string of the molecule is CC(=O)NCc1c[c]([Sn]([CH3])([CH3])[CH3])ccc1F. The van der Waals surface area contributed by atoms with Crippen LogP contribution in [0.3, 0.4) is 0 Å². The number of nitrogens with one attached hydrogen (secondary N) is 1. The third-order valence-corrected chi connectivity index (χ3v) is 8.27. The van der Waals surface area contributed by atoms with E-state index in [2.05, 4.69) is 20.1 Å². The molecular formula is C12H18FNOSn. The van der Waals surface area contributed by atoms with E-state index in [0.29, 0.717) is 5.56 Å². The maximum atomic E-state index is 13.5. The van der Waals surface area contributed by atoms with Gasteiger partial charge in [-0.3, -0.25) is 0 Å². The van der Waals surface area contributed by atoms with Gasteiger partial charge < -0.3 is 0 Å². The van der Waals surface area contributed by atoms with Gasteiger partial charge in [0.15, 0.2) is 0 Å². The summed E-state index contributed by atoms with van der Waals surface area (Å²) < 4.78 is 14.8. The van der Waals surface area contributed by atoms with Crippen LogP contribution in [0.4, 0.5) is 4.39 Å². The van der Waals surface area contributed by atoms with E-state index in [-0.39, 0.29) is 18.3 Å². The zero-order valence-electron chi connectivity index (χ0n) is 10.2. The van der Waals surface area contributed by atoms with Gasteiger partial charge in [0.25, 0.3) is 0 Å². The number of carbonyl (C=O) groups is 1. The molecule has 0 atom stereocenters. The van der Waals surface area contributed by atoms with Crippen molar-refractivity contribution >= 4 is 27.9 Å². The van der Waals surface area contributed by atoms with Crippen LogP contribution < -0.4 is 8.90 Å². The molecule has 1 rings (SSSR count). The molecular weight excluding hydrogens is 312 g/mol. The molecule has 0 aliphatic rings. The molecule has 88 valence electrons. The molecule has 1 N–H and O–H groups in total. The van der Waals surface area contributed by atoms with Crippen LogP contribution >= 0.6 is 0 Å². The first kappa shape index (κ1) is 13.5. The van der Waals surface area contributed by atoms with Gasteiger partial charge in [-0.15, -0.1) is 0 Å². The number of benzene rings is 1. The van der Waals surface area contributed by atoms with Crippen molar-refractivity contribution in [1.82, 2.24) is 5.32 Å². The number of carbonyl (C=O) groups excluding carboxylic acids is 1. The average molecular weight is 330 g/mol. The van der Waals surface area contributed by atoms with Crippen LogP contribution in [0.1, 0.15) is 12.5 Å². The van der Waals surface area contributed by atoms with Gasteiger partial charge in [-0.25, -0.2) is 0 Å². The van der Waals surface area contributed by atoms with Crippen molar-refractivity contribution in [3.63, 3.8) is 0 Å². The number of amides is 1. The Kier molecular flexibility index (Phi) is 4.35. The zero-order valence-corrected chi connectivity index (χ0v) is 13.1. The fourth-order valence-electron chi connectivity index (χ4n) is 1.40. The number of halogens is 1. The minimum absolute atomic E-state index is 0.135. The van der Waals surface area contributed by atoms with Gasteiger partial charge >= 0.3 is 100 Å². The maximum absolute atomic E-state index is 13.5. The van der Waals surface area contributed by atoms with E-state index in [0.717, 1.165) is 0 Å². The molecule has 0 saturated carbocycles. The van der Waals surface area contributed by atoms with Gasteiger partial charge in [0, 0.05) is 0 Å². The van der Waals surface area contributed by atoms with Crippen molar-refractivity contribution in [1.29, 1.82) is 0 Å². The topological polar surface area (TPSA) is 29.1 Å². The van der Waals surface area contributed by atoms with E-state index in [4.69, 9.17) is 0 Å². The number of hydrogen-bond acceptors (Lipinski definition) is 1. The van der Waals surface area contributed by atoms with Crippen molar-refractivity contribution < 1.29 is 9.18 Å². The fourth-order valence-corrected chi connectivity index (χ4v) is 4.79. The van der Waals surface area contributed by atoms with E-state index < -0.39 is 18.4 Å². The number of rotatable bonds is 3. The van der Waals surface area contributed by atoms with Crippen molar-refractivity contribution in [2.24, 2.45) is 0 Å². The van der Waals surface area contributed by atoms with Gasteiger partial charge in [0.1, 0.15) is 0 Å². The van der Waals surface area contributed by atoms with E-state index in [1.807, 2.05) is 12.1 Å². The van der Waals surface area contributed by atoms with Crippen molar-refractivity contribution in [3.05, 3.63) is 29.6 Å². The molecule has 0 spiro atoms. The quantitative estimate of drug-likeness (QED) is 0.844.